The number of esters is 1. The van der Waals surface area contributed by atoms with E-state index in [1.807, 2.05) is 0 Å². The van der Waals surface area contributed by atoms with Crippen molar-refractivity contribution in [1.82, 2.24) is 0 Å². The highest BCUT2D eigenvalue weighted by Gasteiger charge is 2.53. The average Bonchev–Trinajstić information content (AvgIpc) is 2.41. The first-order valence-electron chi connectivity index (χ1n) is 6.24. The fourth-order valence-corrected chi connectivity index (χ4v) is 3.00. The van der Waals surface area contributed by atoms with Crippen molar-refractivity contribution in [2.75, 3.05) is 0 Å². The number of hydrogen-bond acceptors (Lipinski definition) is 2. The molecule has 1 spiro atoms. The van der Waals surface area contributed by atoms with Crippen LogP contribution in [0.5, 0.6) is 0 Å². The van der Waals surface area contributed by atoms with Crippen molar-refractivity contribution in [3.8, 4) is 0 Å². The van der Waals surface area contributed by atoms with Gasteiger partial charge in [0.15, 0.2) is 0 Å². The third kappa shape index (κ3) is 1.91. The maximum Gasteiger partial charge on any atom is 0.312 e. The van der Waals surface area contributed by atoms with Crippen LogP contribution in [0.1, 0.15) is 52.9 Å². The molecule has 0 amide bonds. The molecule has 2 heteroatoms. The summed E-state index contributed by atoms with van der Waals surface area (Å²) in [5, 5.41) is 0. The highest BCUT2D eigenvalue weighted by molar-refractivity contribution is 5.80. The molecule has 15 heavy (non-hydrogen) atoms. The first kappa shape index (κ1) is 11.0. The number of carbonyl (C=O) groups is 1. The van der Waals surface area contributed by atoms with Crippen molar-refractivity contribution in [1.29, 1.82) is 0 Å². The van der Waals surface area contributed by atoms with Gasteiger partial charge in [-0.2, -0.15) is 0 Å². The standard InChI is InChI=1S/C13H22O2/c1-9(2)7-10(3)11-8-13(5-4-6-13)12(14)15-11/h9-11H,4-8H2,1-3H3. The zero-order valence-electron chi connectivity index (χ0n) is 10.1. The number of rotatable bonds is 3. The van der Waals surface area contributed by atoms with Crippen molar-refractivity contribution in [2.45, 2.75) is 59.0 Å². The lowest BCUT2D eigenvalue weighted by molar-refractivity contribution is -0.153. The molecule has 2 fully saturated rings. The Balaban J connectivity index is 1.93. The summed E-state index contributed by atoms with van der Waals surface area (Å²) < 4.78 is 5.54. The Morgan fingerprint density at radius 2 is 2.07 bits per heavy atom. The van der Waals surface area contributed by atoms with Gasteiger partial charge in [0.25, 0.3) is 0 Å². The molecule has 2 rings (SSSR count). The summed E-state index contributed by atoms with van der Waals surface area (Å²) in [4.78, 5) is 11.8. The van der Waals surface area contributed by atoms with Gasteiger partial charge in [0.2, 0.25) is 0 Å². The van der Waals surface area contributed by atoms with Gasteiger partial charge in [-0.1, -0.05) is 27.2 Å². The summed E-state index contributed by atoms with van der Waals surface area (Å²) in [7, 11) is 0. The molecular weight excluding hydrogens is 188 g/mol. The van der Waals surface area contributed by atoms with Gasteiger partial charge in [0, 0.05) is 6.42 Å². The summed E-state index contributed by atoms with van der Waals surface area (Å²) in [6, 6.07) is 0. The van der Waals surface area contributed by atoms with E-state index < -0.39 is 0 Å². The smallest absolute Gasteiger partial charge is 0.312 e. The molecule has 2 unspecified atom stereocenters. The lowest BCUT2D eigenvalue weighted by Gasteiger charge is -2.33. The number of carbonyl (C=O) groups excluding carboxylic acids is 1. The lowest BCUT2D eigenvalue weighted by atomic mass is 9.66. The first-order chi connectivity index (χ1) is 7.03. The first-order valence-corrected chi connectivity index (χ1v) is 6.24. The molecule has 1 aliphatic carbocycles. The minimum Gasteiger partial charge on any atom is -0.462 e. The second kappa shape index (κ2) is 3.80. The van der Waals surface area contributed by atoms with Crippen molar-refractivity contribution in [3.05, 3.63) is 0 Å². The molecule has 2 nitrogen and oxygen atoms in total. The molecule has 0 aromatic rings. The van der Waals surface area contributed by atoms with Gasteiger partial charge in [-0.05, 0) is 31.1 Å². The van der Waals surface area contributed by atoms with Gasteiger partial charge in [-0.15, -0.1) is 0 Å². The van der Waals surface area contributed by atoms with Crippen LogP contribution in [0.3, 0.4) is 0 Å². The molecule has 0 bridgehead atoms. The second-order valence-electron chi connectivity index (χ2n) is 5.89. The summed E-state index contributed by atoms with van der Waals surface area (Å²) in [5.74, 6) is 1.31. The van der Waals surface area contributed by atoms with Crippen molar-refractivity contribution in [3.63, 3.8) is 0 Å². The normalized spacial score (nSPS) is 30.4. The Labute approximate surface area is 92.4 Å². The highest BCUT2D eigenvalue weighted by Crippen LogP contribution is 2.51. The molecule has 2 atom stereocenters. The van der Waals surface area contributed by atoms with Gasteiger partial charge in [-0.3, -0.25) is 4.79 Å². The largest absolute Gasteiger partial charge is 0.462 e. The van der Waals surface area contributed by atoms with Crippen molar-refractivity contribution < 1.29 is 9.53 Å². The predicted molar refractivity (Wildman–Crippen MR) is 59.4 cm³/mol. The van der Waals surface area contributed by atoms with Gasteiger partial charge < -0.3 is 4.74 Å². The molecular formula is C13H22O2. The number of ether oxygens (including phenoxy) is 1. The Bertz CT molecular complexity index is 253. The van der Waals surface area contributed by atoms with E-state index in [0.717, 1.165) is 25.7 Å². The number of hydrogen-bond donors (Lipinski definition) is 0. The summed E-state index contributed by atoms with van der Waals surface area (Å²) in [6.07, 6.45) is 5.68. The van der Waals surface area contributed by atoms with Crippen LogP contribution >= 0.6 is 0 Å². The highest BCUT2D eigenvalue weighted by atomic mass is 16.6. The Morgan fingerprint density at radius 1 is 1.40 bits per heavy atom. The second-order valence-corrected chi connectivity index (χ2v) is 5.89. The SMILES string of the molecule is CC(C)CC(C)C1CC2(CCC2)C(=O)O1. The van der Waals surface area contributed by atoms with Crippen LogP contribution in [0.15, 0.2) is 0 Å². The minimum atomic E-state index is -0.0457. The molecule has 1 heterocycles. The topological polar surface area (TPSA) is 26.3 Å². The molecule has 1 aliphatic heterocycles. The molecule has 1 saturated carbocycles. The van der Waals surface area contributed by atoms with E-state index >= 15 is 0 Å². The van der Waals surface area contributed by atoms with Crippen LogP contribution in [0.25, 0.3) is 0 Å². The van der Waals surface area contributed by atoms with Crippen LogP contribution in [0, 0.1) is 17.3 Å². The van der Waals surface area contributed by atoms with E-state index in [9.17, 15) is 4.79 Å². The Kier molecular flexibility index (Phi) is 2.78. The predicted octanol–water partition coefficient (Wildman–Crippen LogP) is 3.15. The molecule has 0 N–H and O–H groups in total. The van der Waals surface area contributed by atoms with E-state index in [1.165, 1.54) is 6.42 Å². The summed E-state index contributed by atoms with van der Waals surface area (Å²) in [5.41, 5.74) is -0.0457. The summed E-state index contributed by atoms with van der Waals surface area (Å²) >= 11 is 0. The fourth-order valence-electron chi connectivity index (χ4n) is 3.00. The maximum absolute atomic E-state index is 11.8. The van der Waals surface area contributed by atoms with Crippen LogP contribution in [-0.2, 0) is 9.53 Å². The molecule has 1 saturated heterocycles. The van der Waals surface area contributed by atoms with E-state index in [-0.39, 0.29) is 17.5 Å². The van der Waals surface area contributed by atoms with E-state index in [2.05, 4.69) is 20.8 Å². The van der Waals surface area contributed by atoms with Gasteiger partial charge in [0.1, 0.15) is 6.10 Å². The van der Waals surface area contributed by atoms with E-state index in [4.69, 9.17) is 4.74 Å². The molecule has 86 valence electrons. The monoisotopic (exact) mass is 210 g/mol. The van der Waals surface area contributed by atoms with E-state index in [0.29, 0.717) is 11.8 Å². The molecule has 0 aromatic carbocycles. The van der Waals surface area contributed by atoms with E-state index in [1.54, 1.807) is 0 Å². The molecule has 0 aromatic heterocycles. The lowest BCUT2D eigenvalue weighted by Crippen LogP contribution is -2.33. The minimum absolute atomic E-state index is 0.0457. The molecule has 2 aliphatic rings. The zero-order valence-corrected chi connectivity index (χ0v) is 10.1. The quantitative estimate of drug-likeness (QED) is 0.669. The van der Waals surface area contributed by atoms with Crippen LogP contribution in [-0.4, -0.2) is 12.1 Å². The van der Waals surface area contributed by atoms with Crippen molar-refractivity contribution in [2.24, 2.45) is 17.3 Å². The third-order valence-electron chi connectivity index (χ3n) is 4.07. The summed E-state index contributed by atoms with van der Waals surface area (Å²) in [6.45, 7) is 6.68. The van der Waals surface area contributed by atoms with Gasteiger partial charge in [0.05, 0.1) is 5.41 Å². The fraction of sp³-hybridized carbons (Fsp3) is 0.923. The van der Waals surface area contributed by atoms with Crippen LogP contribution in [0.2, 0.25) is 0 Å². The van der Waals surface area contributed by atoms with Crippen LogP contribution in [0.4, 0.5) is 0 Å². The number of cyclic esters (lactones) is 1. The zero-order chi connectivity index (χ0) is 11.1. The Hall–Kier alpha value is -0.530. The van der Waals surface area contributed by atoms with Gasteiger partial charge >= 0.3 is 5.97 Å². The van der Waals surface area contributed by atoms with Crippen molar-refractivity contribution >= 4 is 5.97 Å². The molecule has 0 radical (unpaired) electrons. The third-order valence-corrected chi connectivity index (χ3v) is 4.07. The van der Waals surface area contributed by atoms with Crippen LogP contribution < -0.4 is 0 Å². The van der Waals surface area contributed by atoms with Gasteiger partial charge in [-0.25, -0.2) is 0 Å². The average molecular weight is 210 g/mol. The Morgan fingerprint density at radius 3 is 2.47 bits per heavy atom. The maximum atomic E-state index is 11.8.